The van der Waals surface area contributed by atoms with Gasteiger partial charge in [-0.2, -0.15) is 0 Å². The number of fused-ring (bicyclic) bond motifs is 2. The first-order chi connectivity index (χ1) is 15.8. The van der Waals surface area contributed by atoms with Crippen LogP contribution >= 0.6 is 0 Å². The Morgan fingerprint density at radius 3 is 2.16 bits per heavy atom. The third-order valence-corrected chi connectivity index (χ3v) is 5.55. The maximum atomic E-state index is 6.51. The van der Waals surface area contributed by atoms with Crippen LogP contribution in [0.2, 0.25) is 0 Å². The molecular formula is C29H23N3. The van der Waals surface area contributed by atoms with E-state index >= 15 is 0 Å². The highest BCUT2D eigenvalue weighted by atomic mass is 15.0. The predicted molar refractivity (Wildman–Crippen MR) is 135 cm³/mol. The Bertz CT molecular complexity index is 1440. The molecule has 154 valence electrons. The van der Waals surface area contributed by atoms with E-state index in [4.69, 9.17) is 15.7 Å². The fourth-order valence-corrected chi connectivity index (χ4v) is 3.90. The van der Waals surface area contributed by atoms with E-state index < -0.39 is 0 Å². The van der Waals surface area contributed by atoms with Gasteiger partial charge in [0.2, 0.25) is 0 Å². The molecule has 2 N–H and O–H groups in total. The van der Waals surface area contributed by atoms with Gasteiger partial charge in [-0.1, -0.05) is 109 Å². The fraction of sp³-hybridized carbons (Fsp3) is 0.0345. The number of rotatable bonds is 4. The summed E-state index contributed by atoms with van der Waals surface area (Å²) in [5.74, 6) is 1.09. The highest BCUT2D eigenvalue weighted by Gasteiger charge is 2.08. The molecule has 32 heavy (non-hydrogen) atoms. The third kappa shape index (κ3) is 4.14. The van der Waals surface area contributed by atoms with Gasteiger partial charge in [0.1, 0.15) is 5.84 Å². The summed E-state index contributed by atoms with van der Waals surface area (Å²) in [5.41, 5.74) is 9.50. The Morgan fingerprint density at radius 1 is 0.625 bits per heavy atom. The van der Waals surface area contributed by atoms with E-state index in [-0.39, 0.29) is 0 Å². The zero-order chi connectivity index (χ0) is 21.8. The van der Waals surface area contributed by atoms with Crippen LogP contribution in [0.3, 0.4) is 0 Å². The van der Waals surface area contributed by atoms with E-state index in [0.717, 1.165) is 27.5 Å². The van der Waals surface area contributed by atoms with Crippen LogP contribution in [0.4, 0.5) is 0 Å². The minimum absolute atomic E-state index is 0.461. The lowest BCUT2D eigenvalue weighted by Gasteiger charge is -2.08. The average Bonchev–Trinajstić information content (AvgIpc) is 2.86. The molecule has 0 unspecified atom stereocenters. The molecule has 0 aliphatic heterocycles. The number of aliphatic imine (C=N–C) groups is 2. The minimum atomic E-state index is 0.461. The smallest absolute Gasteiger partial charge is 0.157 e. The van der Waals surface area contributed by atoms with Gasteiger partial charge in [0.05, 0.1) is 6.54 Å². The monoisotopic (exact) mass is 413 g/mol. The summed E-state index contributed by atoms with van der Waals surface area (Å²) in [6, 6.07) is 39.1. The first kappa shape index (κ1) is 19.7. The van der Waals surface area contributed by atoms with Gasteiger partial charge < -0.3 is 5.73 Å². The molecule has 5 aromatic carbocycles. The molecule has 0 saturated carbocycles. The summed E-state index contributed by atoms with van der Waals surface area (Å²) in [6.07, 6.45) is 0. The van der Waals surface area contributed by atoms with Gasteiger partial charge in [0.25, 0.3) is 0 Å². The van der Waals surface area contributed by atoms with E-state index in [9.17, 15) is 0 Å². The van der Waals surface area contributed by atoms with Crippen LogP contribution in [-0.4, -0.2) is 11.7 Å². The number of hydrogen-bond donors (Lipinski definition) is 1. The fourth-order valence-electron chi connectivity index (χ4n) is 3.90. The van der Waals surface area contributed by atoms with Crippen LogP contribution < -0.4 is 5.73 Å². The summed E-state index contributed by atoms with van der Waals surface area (Å²) in [5, 5.41) is 4.65. The maximum absolute atomic E-state index is 6.51. The Kier molecular flexibility index (Phi) is 5.46. The molecule has 3 nitrogen and oxygen atoms in total. The molecule has 0 spiro atoms. The van der Waals surface area contributed by atoms with Crippen LogP contribution in [0.15, 0.2) is 125 Å². The first-order valence-corrected chi connectivity index (χ1v) is 10.7. The second-order valence-corrected chi connectivity index (χ2v) is 7.71. The number of benzene rings is 5. The molecule has 0 radical (unpaired) electrons. The minimum Gasteiger partial charge on any atom is -0.383 e. The molecule has 0 aromatic heterocycles. The lowest BCUT2D eigenvalue weighted by atomic mass is 10.0. The standard InChI is InChI=1S/C29H23N3/c30-28(27-16-8-14-23-10-6-7-15-26(23)27)32-29(24-11-2-1-3-12-24)31-20-21-17-18-22-9-4-5-13-25(22)19-21/h1-19H,20H2,(H2,30,31,32). The molecule has 0 fully saturated rings. The topological polar surface area (TPSA) is 50.7 Å². The van der Waals surface area contributed by atoms with E-state index in [2.05, 4.69) is 60.7 Å². The van der Waals surface area contributed by atoms with Gasteiger partial charge >= 0.3 is 0 Å². The van der Waals surface area contributed by atoms with Crippen LogP contribution in [0.25, 0.3) is 21.5 Å². The van der Waals surface area contributed by atoms with Crippen molar-refractivity contribution in [1.82, 2.24) is 0 Å². The number of nitrogens with two attached hydrogens (primary N) is 1. The van der Waals surface area contributed by atoms with Crippen molar-refractivity contribution in [3.8, 4) is 0 Å². The van der Waals surface area contributed by atoms with Gasteiger partial charge in [-0.3, -0.25) is 4.99 Å². The summed E-state index contributed by atoms with van der Waals surface area (Å²) in [4.78, 5) is 9.65. The van der Waals surface area contributed by atoms with E-state index in [1.165, 1.54) is 10.8 Å². The molecule has 0 heterocycles. The van der Waals surface area contributed by atoms with Crippen molar-refractivity contribution in [3.63, 3.8) is 0 Å². The summed E-state index contributed by atoms with van der Waals surface area (Å²) in [6.45, 7) is 0.529. The largest absolute Gasteiger partial charge is 0.383 e. The number of nitrogens with zero attached hydrogens (tertiary/aromatic N) is 2. The van der Waals surface area contributed by atoms with Gasteiger partial charge in [-0.05, 0) is 33.2 Å². The van der Waals surface area contributed by atoms with Gasteiger partial charge in [-0.25, -0.2) is 4.99 Å². The first-order valence-electron chi connectivity index (χ1n) is 10.7. The van der Waals surface area contributed by atoms with Gasteiger partial charge in [0, 0.05) is 11.1 Å². The SMILES string of the molecule is NC(=NC(=NCc1ccc2ccccc2c1)c1ccccc1)c1cccc2ccccc12. The molecule has 0 bridgehead atoms. The van der Waals surface area contributed by atoms with Crippen molar-refractivity contribution >= 4 is 33.2 Å². The number of hydrogen-bond acceptors (Lipinski definition) is 1. The average molecular weight is 414 g/mol. The maximum Gasteiger partial charge on any atom is 0.157 e. The molecule has 5 rings (SSSR count). The summed E-state index contributed by atoms with van der Waals surface area (Å²) < 4.78 is 0. The second kappa shape index (κ2) is 8.86. The van der Waals surface area contributed by atoms with Crippen molar-refractivity contribution in [3.05, 3.63) is 132 Å². The molecule has 5 aromatic rings. The van der Waals surface area contributed by atoms with E-state index in [1.807, 2.05) is 54.6 Å². The van der Waals surface area contributed by atoms with E-state index in [1.54, 1.807) is 0 Å². The van der Waals surface area contributed by atoms with Crippen LogP contribution in [0.1, 0.15) is 16.7 Å². The Morgan fingerprint density at radius 2 is 1.31 bits per heavy atom. The lowest BCUT2D eigenvalue weighted by molar-refractivity contribution is 1.06. The Balaban J connectivity index is 1.54. The lowest BCUT2D eigenvalue weighted by Crippen LogP contribution is -2.17. The van der Waals surface area contributed by atoms with Crippen molar-refractivity contribution in [2.24, 2.45) is 15.7 Å². The summed E-state index contributed by atoms with van der Waals surface area (Å²) >= 11 is 0. The van der Waals surface area contributed by atoms with Crippen LogP contribution in [0, 0.1) is 0 Å². The molecule has 0 atom stereocenters. The van der Waals surface area contributed by atoms with Crippen molar-refractivity contribution in [2.45, 2.75) is 6.54 Å². The van der Waals surface area contributed by atoms with Gasteiger partial charge in [0.15, 0.2) is 5.84 Å². The van der Waals surface area contributed by atoms with Crippen LogP contribution in [-0.2, 0) is 6.54 Å². The summed E-state index contributed by atoms with van der Waals surface area (Å²) in [7, 11) is 0. The predicted octanol–water partition coefficient (Wildman–Crippen LogP) is 6.35. The third-order valence-electron chi connectivity index (χ3n) is 5.55. The molecule has 0 saturated heterocycles. The molecular weight excluding hydrogens is 390 g/mol. The van der Waals surface area contributed by atoms with Gasteiger partial charge in [-0.15, -0.1) is 0 Å². The molecule has 0 aliphatic carbocycles. The molecule has 3 heteroatoms. The van der Waals surface area contributed by atoms with Crippen molar-refractivity contribution < 1.29 is 0 Å². The molecule has 0 aliphatic rings. The van der Waals surface area contributed by atoms with Crippen LogP contribution in [0.5, 0.6) is 0 Å². The highest BCUT2D eigenvalue weighted by molar-refractivity contribution is 6.15. The molecule has 0 amide bonds. The zero-order valence-corrected chi connectivity index (χ0v) is 17.6. The highest BCUT2D eigenvalue weighted by Crippen LogP contribution is 2.19. The van der Waals surface area contributed by atoms with E-state index in [0.29, 0.717) is 18.2 Å². The zero-order valence-electron chi connectivity index (χ0n) is 17.6. The van der Waals surface area contributed by atoms with Crippen molar-refractivity contribution in [2.75, 3.05) is 0 Å². The quantitative estimate of drug-likeness (QED) is 0.271. The Labute approximate surface area is 187 Å². The second-order valence-electron chi connectivity index (χ2n) is 7.71. The number of amidine groups is 2. The van der Waals surface area contributed by atoms with Crippen molar-refractivity contribution in [1.29, 1.82) is 0 Å². The Hall–Kier alpha value is -4.24. The normalized spacial score (nSPS) is 12.4.